The van der Waals surface area contributed by atoms with Gasteiger partial charge in [-0.25, -0.2) is 4.57 Å². The van der Waals surface area contributed by atoms with Crippen molar-refractivity contribution in [1.29, 1.82) is 0 Å². The van der Waals surface area contributed by atoms with E-state index in [0.29, 0.717) is 17.4 Å². The molecule has 0 aliphatic rings. The first-order chi connectivity index (χ1) is 30.5. The van der Waals surface area contributed by atoms with Gasteiger partial charge >= 0.3 is 7.82 Å². The number of aliphatic hydroxyl groups is 1. The second-order valence-corrected chi connectivity index (χ2v) is 21.0. The number of nitrogens with zero attached hydrogens (tertiary/aromatic N) is 1. The predicted molar refractivity (Wildman–Crippen MR) is 272 cm³/mol. The first kappa shape index (κ1) is 61.7. The van der Waals surface area contributed by atoms with E-state index in [4.69, 9.17) is 9.05 Å². The molecule has 3 unspecified atom stereocenters. The van der Waals surface area contributed by atoms with Crippen molar-refractivity contribution in [2.24, 2.45) is 0 Å². The minimum atomic E-state index is -4.35. The van der Waals surface area contributed by atoms with Gasteiger partial charge in [-0.3, -0.25) is 13.8 Å². The minimum Gasteiger partial charge on any atom is -0.387 e. The van der Waals surface area contributed by atoms with Crippen LogP contribution in [0.1, 0.15) is 251 Å². The van der Waals surface area contributed by atoms with Gasteiger partial charge in [0.2, 0.25) is 5.91 Å². The molecule has 0 aliphatic heterocycles. The van der Waals surface area contributed by atoms with Crippen LogP contribution in [0.4, 0.5) is 0 Å². The van der Waals surface area contributed by atoms with Gasteiger partial charge in [0.25, 0.3) is 0 Å². The maximum absolute atomic E-state index is 12.9. The molecule has 63 heavy (non-hydrogen) atoms. The van der Waals surface area contributed by atoms with E-state index in [0.717, 1.165) is 44.9 Å². The maximum Gasteiger partial charge on any atom is 0.472 e. The number of likely N-dealkylation sites (N-methyl/N-ethyl adjacent to an activating group) is 1. The normalized spacial score (nSPS) is 14.3. The van der Waals surface area contributed by atoms with Crippen LogP contribution in [0.3, 0.4) is 0 Å². The molecule has 3 N–H and O–H groups in total. The summed E-state index contributed by atoms with van der Waals surface area (Å²) in [4.78, 5) is 23.2. The van der Waals surface area contributed by atoms with Crippen molar-refractivity contribution in [3.8, 4) is 0 Å². The van der Waals surface area contributed by atoms with Crippen molar-refractivity contribution >= 4 is 13.7 Å². The van der Waals surface area contributed by atoms with Crippen LogP contribution in [0.15, 0.2) is 36.5 Å². The highest BCUT2D eigenvalue weighted by Crippen LogP contribution is 2.43. The van der Waals surface area contributed by atoms with E-state index >= 15 is 0 Å². The lowest BCUT2D eigenvalue weighted by Gasteiger charge is -2.25. The molecule has 0 aromatic carbocycles. The molecule has 8 nitrogen and oxygen atoms in total. The van der Waals surface area contributed by atoms with Crippen molar-refractivity contribution in [1.82, 2.24) is 5.32 Å². The first-order valence-electron chi connectivity index (χ1n) is 26.9. The lowest BCUT2D eigenvalue weighted by atomic mass is 10.0. The third-order valence-electron chi connectivity index (χ3n) is 12.1. The number of quaternary nitrogens is 1. The fraction of sp³-hybridized carbons (Fsp3) is 0.870. The van der Waals surface area contributed by atoms with Gasteiger partial charge in [0.1, 0.15) is 13.2 Å². The van der Waals surface area contributed by atoms with Crippen LogP contribution in [-0.2, 0) is 18.4 Å². The van der Waals surface area contributed by atoms with E-state index in [2.05, 4.69) is 43.5 Å². The molecule has 372 valence electrons. The van der Waals surface area contributed by atoms with Crippen molar-refractivity contribution < 1.29 is 32.9 Å². The molecule has 0 aliphatic carbocycles. The summed E-state index contributed by atoms with van der Waals surface area (Å²) in [5.41, 5.74) is 0. The third kappa shape index (κ3) is 48.5. The van der Waals surface area contributed by atoms with E-state index in [9.17, 15) is 19.4 Å². The zero-order chi connectivity index (χ0) is 46.4. The zero-order valence-corrected chi connectivity index (χ0v) is 43.2. The molecule has 0 bridgehead atoms. The fourth-order valence-electron chi connectivity index (χ4n) is 7.84. The van der Waals surface area contributed by atoms with Gasteiger partial charge in [0, 0.05) is 6.42 Å². The molecule has 1 amide bonds. The van der Waals surface area contributed by atoms with E-state index < -0.39 is 20.0 Å². The topological polar surface area (TPSA) is 105 Å². The fourth-order valence-corrected chi connectivity index (χ4v) is 8.58. The molecule has 0 aromatic heterocycles. The van der Waals surface area contributed by atoms with Crippen molar-refractivity contribution in [2.75, 3.05) is 40.9 Å². The number of phosphoric acid groups is 1. The Hall–Kier alpha value is -1.28. The highest BCUT2D eigenvalue weighted by molar-refractivity contribution is 7.47. The van der Waals surface area contributed by atoms with Crippen LogP contribution in [0.5, 0.6) is 0 Å². The van der Waals surface area contributed by atoms with E-state index in [1.807, 2.05) is 27.2 Å². The second kappa shape index (κ2) is 45.9. The van der Waals surface area contributed by atoms with Crippen molar-refractivity contribution in [3.63, 3.8) is 0 Å². The largest absolute Gasteiger partial charge is 0.472 e. The summed E-state index contributed by atoms with van der Waals surface area (Å²) in [5.74, 6) is -0.188. The molecular formula is C54H106N2O6P+. The van der Waals surface area contributed by atoms with Crippen molar-refractivity contribution in [2.45, 2.75) is 264 Å². The van der Waals surface area contributed by atoms with E-state index in [1.165, 1.54) is 186 Å². The molecule has 0 saturated carbocycles. The molecule has 0 rings (SSSR count). The quantitative estimate of drug-likeness (QED) is 0.0243. The Morgan fingerprint density at radius 2 is 0.873 bits per heavy atom. The van der Waals surface area contributed by atoms with Gasteiger partial charge in [-0.1, -0.05) is 237 Å². The van der Waals surface area contributed by atoms with Crippen LogP contribution >= 0.6 is 7.82 Å². The Morgan fingerprint density at radius 1 is 0.524 bits per heavy atom. The lowest BCUT2D eigenvalue weighted by molar-refractivity contribution is -0.870. The Kier molecular flexibility index (Phi) is 44.9. The average Bonchev–Trinajstić information content (AvgIpc) is 3.24. The summed E-state index contributed by atoms with van der Waals surface area (Å²) in [5, 5.41) is 13.9. The number of hydrogen-bond donors (Lipinski definition) is 3. The Balaban J connectivity index is 4.33. The van der Waals surface area contributed by atoms with Gasteiger partial charge in [0.15, 0.2) is 0 Å². The summed E-state index contributed by atoms with van der Waals surface area (Å²) in [6.45, 7) is 4.81. The number of phosphoric ester groups is 1. The Bertz CT molecular complexity index is 1120. The molecule has 0 fully saturated rings. The van der Waals surface area contributed by atoms with E-state index in [1.54, 1.807) is 6.08 Å². The van der Waals surface area contributed by atoms with Gasteiger partial charge in [0.05, 0.1) is 39.9 Å². The summed E-state index contributed by atoms with van der Waals surface area (Å²) in [6.07, 6.45) is 58.1. The highest BCUT2D eigenvalue weighted by atomic mass is 31.2. The number of aliphatic hydroxyl groups excluding tert-OH is 1. The maximum atomic E-state index is 12.9. The van der Waals surface area contributed by atoms with E-state index in [-0.39, 0.29) is 19.1 Å². The summed E-state index contributed by atoms with van der Waals surface area (Å²) in [7, 11) is 1.55. The van der Waals surface area contributed by atoms with Crippen LogP contribution in [0.25, 0.3) is 0 Å². The van der Waals surface area contributed by atoms with Gasteiger partial charge in [-0.05, 0) is 44.9 Å². The molecular weight excluding hydrogens is 804 g/mol. The van der Waals surface area contributed by atoms with Crippen LogP contribution < -0.4 is 5.32 Å². The first-order valence-corrected chi connectivity index (χ1v) is 28.4. The average molecular weight is 910 g/mol. The Morgan fingerprint density at radius 3 is 1.27 bits per heavy atom. The standard InChI is InChI=1S/C54H105N2O6P/c1-6-8-10-12-14-16-18-20-22-24-25-26-27-28-29-30-32-33-35-37-39-41-43-45-47-53(57)52(51-62-63(59,60)61-50-49-56(3,4)5)55-54(58)48-46-44-42-40-38-36-34-31-23-21-19-17-15-13-11-9-7-2/h30,32,37,39,45,47,52-53,57H,6-29,31,33-36,38,40-44,46,48-51H2,1-5H3,(H-,55,58,59,60)/p+1/b32-30+,39-37+,47-45+. The number of carbonyl (C=O) groups is 1. The number of allylic oxidation sites excluding steroid dienone is 5. The van der Waals surface area contributed by atoms with Crippen LogP contribution in [-0.4, -0.2) is 73.4 Å². The number of amides is 1. The molecule has 0 saturated heterocycles. The number of carbonyl (C=O) groups excluding carboxylic acids is 1. The van der Waals surface area contributed by atoms with Gasteiger partial charge < -0.3 is 19.8 Å². The minimum absolute atomic E-state index is 0.0550. The summed E-state index contributed by atoms with van der Waals surface area (Å²) < 4.78 is 23.6. The summed E-state index contributed by atoms with van der Waals surface area (Å²) >= 11 is 0. The molecule has 0 heterocycles. The second-order valence-electron chi connectivity index (χ2n) is 19.6. The predicted octanol–water partition coefficient (Wildman–Crippen LogP) is 15.8. The number of hydrogen-bond acceptors (Lipinski definition) is 5. The molecule has 0 spiro atoms. The molecule has 0 aromatic rings. The third-order valence-corrected chi connectivity index (χ3v) is 13.1. The molecule has 3 atom stereocenters. The SMILES string of the molecule is CCCCCCCCCCCCCCCC/C=C/CC/C=C/CC/C=C/C(O)C(COP(=O)(O)OCC[N+](C)(C)C)NC(=O)CCCCCCCCCCCCCCCCCCC. The highest BCUT2D eigenvalue weighted by Gasteiger charge is 2.27. The summed E-state index contributed by atoms with van der Waals surface area (Å²) in [6, 6.07) is -0.867. The lowest BCUT2D eigenvalue weighted by Crippen LogP contribution is -2.45. The smallest absolute Gasteiger partial charge is 0.387 e. The monoisotopic (exact) mass is 910 g/mol. The van der Waals surface area contributed by atoms with Gasteiger partial charge in [-0.2, -0.15) is 0 Å². The van der Waals surface area contributed by atoms with Crippen LogP contribution in [0.2, 0.25) is 0 Å². The van der Waals surface area contributed by atoms with Crippen molar-refractivity contribution in [3.05, 3.63) is 36.5 Å². The molecule has 9 heteroatoms. The zero-order valence-electron chi connectivity index (χ0n) is 42.3. The Labute approximate surface area is 391 Å². The number of unbranched alkanes of at least 4 members (excludes halogenated alkanes) is 32. The molecule has 0 radical (unpaired) electrons. The van der Waals surface area contributed by atoms with Crippen LogP contribution in [0, 0.1) is 0 Å². The number of rotatable bonds is 49. The number of nitrogens with one attached hydrogen (secondary N) is 1. The van der Waals surface area contributed by atoms with Gasteiger partial charge in [-0.15, -0.1) is 0 Å².